The van der Waals surface area contributed by atoms with Gasteiger partial charge in [0.15, 0.2) is 0 Å². The number of carbonyl (C=O) groups is 1. The highest BCUT2D eigenvalue weighted by Crippen LogP contribution is 2.20. The second-order valence-corrected chi connectivity index (χ2v) is 5.07. The Morgan fingerprint density at radius 3 is 2.67 bits per heavy atom. The molecule has 2 nitrogen and oxygen atoms in total. The molecular formula is C12H19NOS. The molecule has 1 N–H and O–H groups in total. The average molecular weight is 225 g/mol. The Morgan fingerprint density at radius 1 is 1.40 bits per heavy atom. The highest BCUT2D eigenvalue weighted by molar-refractivity contribution is 7.14. The molecule has 1 rings (SSSR count). The zero-order valence-corrected chi connectivity index (χ0v) is 10.5. The van der Waals surface area contributed by atoms with Crippen LogP contribution in [0.3, 0.4) is 0 Å². The normalized spacial score (nSPS) is 10.3. The SMILES string of the molecule is CCCCCNC(=O)c1cc(C)c(C)s1. The molecule has 0 aliphatic rings. The molecule has 0 aromatic carbocycles. The first kappa shape index (κ1) is 12.2. The summed E-state index contributed by atoms with van der Waals surface area (Å²) in [5.74, 6) is 0.0762. The summed E-state index contributed by atoms with van der Waals surface area (Å²) in [5, 5.41) is 2.95. The summed E-state index contributed by atoms with van der Waals surface area (Å²) in [6.07, 6.45) is 3.45. The molecule has 1 amide bonds. The molecule has 1 aromatic rings. The Morgan fingerprint density at radius 2 is 2.13 bits per heavy atom. The van der Waals surface area contributed by atoms with Crippen LogP contribution in [0.4, 0.5) is 0 Å². The molecule has 0 radical (unpaired) electrons. The lowest BCUT2D eigenvalue weighted by Gasteiger charge is -2.01. The van der Waals surface area contributed by atoms with Crippen LogP contribution in [0.2, 0.25) is 0 Å². The van der Waals surface area contributed by atoms with Gasteiger partial charge in [0.25, 0.3) is 5.91 Å². The zero-order valence-electron chi connectivity index (χ0n) is 9.72. The summed E-state index contributed by atoms with van der Waals surface area (Å²) in [4.78, 5) is 13.7. The van der Waals surface area contributed by atoms with Gasteiger partial charge in [-0.15, -0.1) is 11.3 Å². The van der Waals surface area contributed by atoms with E-state index in [0.717, 1.165) is 17.8 Å². The molecule has 0 spiro atoms. The fourth-order valence-electron chi connectivity index (χ4n) is 1.35. The van der Waals surface area contributed by atoms with Crippen molar-refractivity contribution in [3.8, 4) is 0 Å². The van der Waals surface area contributed by atoms with Crippen LogP contribution >= 0.6 is 11.3 Å². The third-order valence-electron chi connectivity index (χ3n) is 2.46. The van der Waals surface area contributed by atoms with Gasteiger partial charge in [0.1, 0.15) is 0 Å². The fraction of sp³-hybridized carbons (Fsp3) is 0.583. The predicted molar refractivity (Wildman–Crippen MR) is 65.7 cm³/mol. The average Bonchev–Trinajstić information content (AvgIpc) is 2.54. The van der Waals surface area contributed by atoms with Crippen molar-refractivity contribution in [2.45, 2.75) is 40.0 Å². The van der Waals surface area contributed by atoms with E-state index in [2.05, 4.69) is 12.2 Å². The molecule has 0 fully saturated rings. The van der Waals surface area contributed by atoms with E-state index >= 15 is 0 Å². The number of amides is 1. The minimum absolute atomic E-state index is 0.0762. The summed E-state index contributed by atoms with van der Waals surface area (Å²) in [6.45, 7) is 7.05. The predicted octanol–water partition coefficient (Wildman–Crippen LogP) is 3.28. The molecule has 0 unspecified atom stereocenters. The standard InChI is InChI=1S/C12H19NOS/c1-4-5-6-7-13-12(14)11-8-9(2)10(3)15-11/h8H,4-7H2,1-3H3,(H,13,14). The molecule has 0 aliphatic heterocycles. The molecule has 0 bridgehead atoms. The number of thiophene rings is 1. The van der Waals surface area contributed by atoms with Crippen LogP contribution in [-0.2, 0) is 0 Å². The van der Waals surface area contributed by atoms with Gasteiger partial charge in [-0.3, -0.25) is 4.79 Å². The number of hydrogen-bond acceptors (Lipinski definition) is 2. The van der Waals surface area contributed by atoms with Crippen LogP contribution < -0.4 is 5.32 Å². The maximum absolute atomic E-state index is 11.7. The summed E-state index contributed by atoms with van der Waals surface area (Å²) in [5.41, 5.74) is 1.21. The maximum Gasteiger partial charge on any atom is 0.261 e. The number of carbonyl (C=O) groups excluding carboxylic acids is 1. The van der Waals surface area contributed by atoms with Crippen LogP contribution in [0.1, 0.15) is 46.3 Å². The van der Waals surface area contributed by atoms with Gasteiger partial charge in [-0.05, 0) is 31.9 Å². The van der Waals surface area contributed by atoms with Crippen molar-refractivity contribution in [2.24, 2.45) is 0 Å². The molecular weight excluding hydrogens is 206 g/mol. The lowest BCUT2D eigenvalue weighted by molar-refractivity contribution is 0.0957. The lowest BCUT2D eigenvalue weighted by Crippen LogP contribution is -2.23. The van der Waals surface area contributed by atoms with Crippen molar-refractivity contribution in [1.82, 2.24) is 5.32 Å². The Bertz CT molecular complexity index is 311. The van der Waals surface area contributed by atoms with Gasteiger partial charge >= 0.3 is 0 Å². The Kier molecular flexibility index (Phi) is 4.82. The number of hydrogen-bond donors (Lipinski definition) is 1. The lowest BCUT2D eigenvalue weighted by atomic mass is 10.2. The van der Waals surface area contributed by atoms with Gasteiger partial charge in [-0.25, -0.2) is 0 Å². The van der Waals surface area contributed by atoms with Crippen LogP contribution in [0, 0.1) is 13.8 Å². The van der Waals surface area contributed by atoms with Gasteiger partial charge in [0, 0.05) is 11.4 Å². The van der Waals surface area contributed by atoms with Crippen molar-refractivity contribution in [3.05, 3.63) is 21.4 Å². The summed E-state index contributed by atoms with van der Waals surface area (Å²) < 4.78 is 0. The molecule has 84 valence electrons. The highest BCUT2D eigenvalue weighted by atomic mass is 32.1. The van der Waals surface area contributed by atoms with E-state index in [0.29, 0.717) is 0 Å². The Hall–Kier alpha value is -0.830. The molecule has 1 aromatic heterocycles. The number of nitrogens with one attached hydrogen (secondary N) is 1. The molecule has 0 aliphatic carbocycles. The maximum atomic E-state index is 11.7. The Labute approximate surface area is 95.7 Å². The van der Waals surface area contributed by atoms with E-state index in [9.17, 15) is 4.79 Å². The molecule has 1 heterocycles. The van der Waals surface area contributed by atoms with Crippen molar-refractivity contribution in [2.75, 3.05) is 6.54 Å². The van der Waals surface area contributed by atoms with Gasteiger partial charge in [-0.2, -0.15) is 0 Å². The van der Waals surface area contributed by atoms with Crippen molar-refractivity contribution < 1.29 is 4.79 Å². The van der Waals surface area contributed by atoms with Crippen molar-refractivity contribution in [3.63, 3.8) is 0 Å². The molecule has 15 heavy (non-hydrogen) atoms. The third kappa shape index (κ3) is 3.67. The van der Waals surface area contributed by atoms with Gasteiger partial charge in [-0.1, -0.05) is 19.8 Å². The van der Waals surface area contributed by atoms with E-state index in [4.69, 9.17) is 0 Å². The van der Waals surface area contributed by atoms with Crippen molar-refractivity contribution >= 4 is 17.2 Å². The van der Waals surface area contributed by atoms with Crippen LogP contribution in [-0.4, -0.2) is 12.5 Å². The van der Waals surface area contributed by atoms with Gasteiger partial charge in [0.2, 0.25) is 0 Å². The number of aryl methyl sites for hydroxylation is 2. The topological polar surface area (TPSA) is 29.1 Å². The summed E-state index contributed by atoms with van der Waals surface area (Å²) in [6, 6.07) is 1.97. The molecule has 0 saturated carbocycles. The monoisotopic (exact) mass is 225 g/mol. The van der Waals surface area contributed by atoms with E-state index in [-0.39, 0.29) is 5.91 Å². The Balaban J connectivity index is 2.40. The second kappa shape index (κ2) is 5.91. The van der Waals surface area contributed by atoms with Crippen LogP contribution in [0.25, 0.3) is 0 Å². The molecule has 0 atom stereocenters. The van der Waals surface area contributed by atoms with Gasteiger partial charge in [0.05, 0.1) is 4.88 Å². The smallest absolute Gasteiger partial charge is 0.261 e. The van der Waals surface area contributed by atoms with E-state index in [1.807, 2.05) is 19.9 Å². The molecule has 0 saturated heterocycles. The first-order valence-corrected chi connectivity index (χ1v) is 6.32. The van der Waals surface area contributed by atoms with Crippen LogP contribution in [0.5, 0.6) is 0 Å². The van der Waals surface area contributed by atoms with Crippen LogP contribution in [0.15, 0.2) is 6.07 Å². The summed E-state index contributed by atoms with van der Waals surface area (Å²) >= 11 is 1.57. The van der Waals surface area contributed by atoms with E-state index in [1.54, 1.807) is 11.3 Å². The zero-order chi connectivity index (χ0) is 11.3. The largest absolute Gasteiger partial charge is 0.351 e. The minimum Gasteiger partial charge on any atom is -0.351 e. The first-order chi connectivity index (χ1) is 7.15. The van der Waals surface area contributed by atoms with E-state index < -0.39 is 0 Å². The fourth-order valence-corrected chi connectivity index (χ4v) is 2.30. The number of unbranched alkanes of at least 4 members (excludes halogenated alkanes) is 2. The quantitative estimate of drug-likeness (QED) is 0.765. The molecule has 3 heteroatoms. The number of rotatable bonds is 5. The highest BCUT2D eigenvalue weighted by Gasteiger charge is 2.09. The third-order valence-corrected chi connectivity index (χ3v) is 3.61. The second-order valence-electron chi connectivity index (χ2n) is 3.81. The first-order valence-electron chi connectivity index (χ1n) is 5.50. The minimum atomic E-state index is 0.0762. The van der Waals surface area contributed by atoms with Gasteiger partial charge < -0.3 is 5.32 Å². The van der Waals surface area contributed by atoms with E-state index in [1.165, 1.54) is 23.3 Å². The summed E-state index contributed by atoms with van der Waals surface area (Å²) in [7, 11) is 0. The van der Waals surface area contributed by atoms with Crippen molar-refractivity contribution in [1.29, 1.82) is 0 Å².